The van der Waals surface area contributed by atoms with Gasteiger partial charge in [-0.1, -0.05) is 55.5 Å². The van der Waals surface area contributed by atoms with E-state index in [1.54, 1.807) is 0 Å². The number of aryl methyl sites for hydroxylation is 1. The van der Waals surface area contributed by atoms with Crippen LogP contribution in [0.2, 0.25) is 0 Å². The van der Waals surface area contributed by atoms with E-state index in [-0.39, 0.29) is 6.04 Å². The predicted octanol–water partition coefficient (Wildman–Crippen LogP) is 3.58. The monoisotopic (exact) mass is 203 g/mol. The molecule has 0 spiro atoms. The SMILES string of the molecule is Cc1ccc(C(N)CC2CCCC2)cc1. The molecule has 0 saturated heterocycles. The van der Waals surface area contributed by atoms with E-state index >= 15 is 0 Å². The molecule has 0 amide bonds. The van der Waals surface area contributed by atoms with Crippen LogP contribution in [0.5, 0.6) is 0 Å². The van der Waals surface area contributed by atoms with Crippen LogP contribution in [0.4, 0.5) is 0 Å². The van der Waals surface area contributed by atoms with E-state index in [0.29, 0.717) is 0 Å². The summed E-state index contributed by atoms with van der Waals surface area (Å²) < 4.78 is 0. The van der Waals surface area contributed by atoms with Gasteiger partial charge in [0.15, 0.2) is 0 Å². The smallest absolute Gasteiger partial charge is 0.0297 e. The standard InChI is InChI=1S/C14H21N/c1-11-6-8-13(9-7-11)14(15)10-12-4-2-3-5-12/h6-9,12,14H,2-5,10,15H2,1H3. The molecule has 1 nitrogen and oxygen atoms in total. The summed E-state index contributed by atoms with van der Waals surface area (Å²) in [6, 6.07) is 8.91. The van der Waals surface area contributed by atoms with Gasteiger partial charge in [-0.25, -0.2) is 0 Å². The minimum atomic E-state index is 0.244. The Hall–Kier alpha value is -0.820. The Morgan fingerprint density at radius 3 is 2.40 bits per heavy atom. The van der Waals surface area contributed by atoms with E-state index in [0.717, 1.165) is 5.92 Å². The maximum Gasteiger partial charge on any atom is 0.0297 e. The van der Waals surface area contributed by atoms with Gasteiger partial charge in [0, 0.05) is 6.04 Å². The van der Waals surface area contributed by atoms with Crippen molar-refractivity contribution in [3.8, 4) is 0 Å². The molecule has 1 saturated carbocycles. The summed E-state index contributed by atoms with van der Waals surface area (Å²) in [5.41, 5.74) is 8.84. The third kappa shape index (κ3) is 2.82. The second-order valence-corrected chi connectivity index (χ2v) is 4.90. The van der Waals surface area contributed by atoms with E-state index in [1.165, 1.54) is 43.2 Å². The number of nitrogens with two attached hydrogens (primary N) is 1. The first-order valence-corrected chi connectivity index (χ1v) is 6.08. The van der Waals surface area contributed by atoms with Gasteiger partial charge in [-0.05, 0) is 24.8 Å². The van der Waals surface area contributed by atoms with Gasteiger partial charge in [-0.15, -0.1) is 0 Å². The molecule has 1 aromatic carbocycles. The molecule has 0 radical (unpaired) electrons. The lowest BCUT2D eigenvalue weighted by molar-refractivity contribution is 0.451. The third-order valence-corrected chi connectivity index (χ3v) is 3.57. The average Bonchev–Trinajstić information content (AvgIpc) is 2.71. The van der Waals surface area contributed by atoms with E-state index in [2.05, 4.69) is 31.2 Å². The summed E-state index contributed by atoms with van der Waals surface area (Å²) in [4.78, 5) is 0. The van der Waals surface area contributed by atoms with E-state index in [1.807, 2.05) is 0 Å². The maximum absolute atomic E-state index is 6.22. The third-order valence-electron chi connectivity index (χ3n) is 3.57. The van der Waals surface area contributed by atoms with Crippen LogP contribution in [0.25, 0.3) is 0 Å². The van der Waals surface area contributed by atoms with E-state index in [9.17, 15) is 0 Å². The van der Waals surface area contributed by atoms with Crippen molar-refractivity contribution in [1.29, 1.82) is 0 Å². The Balaban J connectivity index is 1.94. The number of hydrogen-bond acceptors (Lipinski definition) is 1. The first-order valence-electron chi connectivity index (χ1n) is 6.08. The van der Waals surface area contributed by atoms with Crippen LogP contribution in [-0.4, -0.2) is 0 Å². The van der Waals surface area contributed by atoms with Crippen molar-refractivity contribution in [2.75, 3.05) is 0 Å². The lowest BCUT2D eigenvalue weighted by atomic mass is 9.94. The summed E-state index contributed by atoms with van der Waals surface area (Å²) in [7, 11) is 0. The molecule has 82 valence electrons. The predicted molar refractivity (Wildman–Crippen MR) is 64.7 cm³/mol. The average molecular weight is 203 g/mol. The number of hydrogen-bond donors (Lipinski definition) is 1. The van der Waals surface area contributed by atoms with Crippen LogP contribution < -0.4 is 5.73 Å². The minimum Gasteiger partial charge on any atom is -0.324 e. The van der Waals surface area contributed by atoms with Gasteiger partial charge in [-0.3, -0.25) is 0 Å². The van der Waals surface area contributed by atoms with Crippen molar-refractivity contribution >= 4 is 0 Å². The van der Waals surface area contributed by atoms with Crippen LogP contribution in [0, 0.1) is 12.8 Å². The zero-order valence-corrected chi connectivity index (χ0v) is 9.58. The maximum atomic E-state index is 6.22. The van der Waals surface area contributed by atoms with Crippen molar-refractivity contribution in [2.24, 2.45) is 11.7 Å². The molecule has 2 N–H and O–H groups in total. The van der Waals surface area contributed by atoms with Crippen molar-refractivity contribution in [1.82, 2.24) is 0 Å². The molecule has 0 heterocycles. The molecule has 0 aromatic heterocycles. The fourth-order valence-electron chi connectivity index (χ4n) is 2.55. The van der Waals surface area contributed by atoms with Gasteiger partial charge in [0.05, 0.1) is 0 Å². The lowest BCUT2D eigenvalue weighted by Crippen LogP contribution is -2.14. The molecule has 0 bridgehead atoms. The fourth-order valence-corrected chi connectivity index (χ4v) is 2.55. The summed E-state index contributed by atoms with van der Waals surface area (Å²) in [5.74, 6) is 0.876. The zero-order chi connectivity index (χ0) is 10.7. The number of rotatable bonds is 3. The highest BCUT2D eigenvalue weighted by Gasteiger charge is 2.18. The molecule has 1 atom stereocenters. The van der Waals surface area contributed by atoms with Crippen LogP contribution in [-0.2, 0) is 0 Å². The Morgan fingerprint density at radius 1 is 1.20 bits per heavy atom. The summed E-state index contributed by atoms with van der Waals surface area (Å²) in [6.45, 7) is 2.12. The Bertz CT molecular complexity index is 296. The molecular formula is C14H21N. The highest BCUT2D eigenvalue weighted by atomic mass is 14.6. The van der Waals surface area contributed by atoms with Gasteiger partial charge in [0.1, 0.15) is 0 Å². The summed E-state index contributed by atoms with van der Waals surface area (Å²) >= 11 is 0. The quantitative estimate of drug-likeness (QED) is 0.798. The summed E-state index contributed by atoms with van der Waals surface area (Å²) in [5, 5.41) is 0. The lowest BCUT2D eigenvalue weighted by Gasteiger charge is -2.16. The zero-order valence-electron chi connectivity index (χ0n) is 9.58. The molecule has 1 heteroatoms. The van der Waals surface area contributed by atoms with Gasteiger partial charge in [-0.2, -0.15) is 0 Å². The largest absolute Gasteiger partial charge is 0.324 e. The van der Waals surface area contributed by atoms with Crippen molar-refractivity contribution in [3.05, 3.63) is 35.4 Å². The Labute approximate surface area is 92.7 Å². The normalized spacial score (nSPS) is 19.3. The van der Waals surface area contributed by atoms with Crippen LogP contribution in [0.15, 0.2) is 24.3 Å². The molecule has 1 fully saturated rings. The highest BCUT2D eigenvalue weighted by Crippen LogP contribution is 2.31. The molecule has 1 unspecified atom stereocenters. The van der Waals surface area contributed by atoms with Crippen LogP contribution in [0.3, 0.4) is 0 Å². The Kier molecular flexibility index (Phi) is 3.42. The van der Waals surface area contributed by atoms with Crippen molar-refractivity contribution in [2.45, 2.75) is 45.1 Å². The van der Waals surface area contributed by atoms with Crippen molar-refractivity contribution in [3.63, 3.8) is 0 Å². The van der Waals surface area contributed by atoms with Crippen molar-refractivity contribution < 1.29 is 0 Å². The van der Waals surface area contributed by atoms with Gasteiger partial charge in [0.2, 0.25) is 0 Å². The van der Waals surface area contributed by atoms with Crippen LogP contribution in [0.1, 0.15) is 49.3 Å². The Morgan fingerprint density at radius 2 is 1.80 bits per heavy atom. The molecular weight excluding hydrogens is 182 g/mol. The molecule has 1 aliphatic rings. The second-order valence-electron chi connectivity index (χ2n) is 4.90. The van der Waals surface area contributed by atoms with E-state index < -0.39 is 0 Å². The molecule has 1 aromatic rings. The molecule has 0 aliphatic heterocycles. The second kappa shape index (κ2) is 4.80. The fraction of sp³-hybridized carbons (Fsp3) is 0.571. The topological polar surface area (TPSA) is 26.0 Å². The van der Waals surface area contributed by atoms with Gasteiger partial charge >= 0.3 is 0 Å². The van der Waals surface area contributed by atoms with E-state index in [4.69, 9.17) is 5.73 Å². The molecule has 2 rings (SSSR count). The number of benzene rings is 1. The van der Waals surface area contributed by atoms with Crippen LogP contribution >= 0.6 is 0 Å². The minimum absolute atomic E-state index is 0.244. The highest BCUT2D eigenvalue weighted by molar-refractivity contribution is 5.23. The summed E-state index contributed by atoms with van der Waals surface area (Å²) in [6.07, 6.45) is 6.76. The first kappa shape index (κ1) is 10.7. The van der Waals surface area contributed by atoms with Gasteiger partial charge in [0.25, 0.3) is 0 Å². The van der Waals surface area contributed by atoms with Gasteiger partial charge < -0.3 is 5.73 Å². The molecule has 1 aliphatic carbocycles. The molecule has 15 heavy (non-hydrogen) atoms. The first-order chi connectivity index (χ1) is 7.25.